The Kier molecular flexibility index (Phi) is 5.09. The van der Waals surface area contributed by atoms with E-state index in [1.54, 1.807) is 23.7 Å². The van der Waals surface area contributed by atoms with Crippen LogP contribution < -0.4 is 0 Å². The van der Waals surface area contributed by atoms with Crippen molar-refractivity contribution in [2.45, 2.75) is 6.04 Å². The van der Waals surface area contributed by atoms with Gasteiger partial charge in [-0.25, -0.2) is 0 Å². The number of nitrogens with zero attached hydrogens (tertiary/aromatic N) is 3. The molecule has 3 heterocycles. The molecule has 1 aliphatic heterocycles. The van der Waals surface area contributed by atoms with Crippen LogP contribution in [-0.4, -0.2) is 46.9 Å². The van der Waals surface area contributed by atoms with Crippen molar-refractivity contribution in [3.05, 3.63) is 88.4 Å². The van der Waals surface area contributed by atoms with Gasteiger partial charge in [-0.15, -0.1) is 0 Å². The van der Waals surface area contributed by atoms with Crippen LogP contribution in [0, 0.1) is 0 Å². The van der Waals surface area contributed by atoms with Gasteiger partial charge in [-0.2, -0.15) is 11.3 Å². The normalized spacial score (nSPS) is 16.4. The van der Waals surface area contributed by atoms with E-state index in [0.29, 0.717) is 5.56 Å². The Bertz CT molecular complexity index is 828. The smallest absolute Gasteiger partial charge is 0.255 e. The highest BCUT2D eigenvalue weighted by Gasteiger charge is 2.28. The summed E-state index contributed by atoms with van der Waals surface area (Å²) < 4.78 is 0. The van der Waals surface area contributed by atoms with E-state index < -0.39 is 0 Å². The highest BCUT2D eigenvalue weighted by atomic mass is 32.1. The van der Waals surface area contributed by atoms with Gasteiger partial charge in [0.2, 0.25) is 0 Å². The minimum atomic E-state index is 0.0737. The van der Waals surface area contributed by atoms with Crippen LogP contribution in [0.2, 0.25) is 0 Å². The molecule has 0 radical (unpaired) electrons. The standard InChI is InChI=1S/C21H21N3OS/c25-21(18-7-4-9-22-15-18)24-12-10-23(11-13-24)20(19-8-14-26-16-19)17-5-2-1-3-6-17/h1-9,14-16,20H,10-13H2. The maximum atomic E-state index is 12.6. The maximum Gasteiger partial charge on any atom is 0.255 e. The molecule has 0 N–H and O–H groups in total. The Morgan fingerprint density at radius 1 is 0.962 bits per heavy atom. The summed E-state index contributed by atoms with van der Waals surface area (Å²) in [7, 11) is 0. The molecule has 0 saturated carbocycles. The second kappa shape index (κ2) is 7.81. The Balaban J connectivity index is 1.49. The van der Waals surface area contributed by atoms with Crippen LogP contribution in [0.4, 0.5) is 0 Å². The quantitative estimate of drug-likeness (QED) is 0.709. The van der Waals surface area contributed by atoms with E-state index >= 15 is 0 Å². The summed E-state index contributed by atoms with van der Waals surface area (Å²) in [6.07, 6.45) is 3.34. The molecule has 0 bridgehead atoms. The zero-order valence-corrected chi connectivity index (χ0v) is 15.3. The van der Waals surface area contributed by atoms with Crippen molar-refractivity contribution in [1.82, 2.24) is 14.8 Å². The van der Waals surface area contributed by atoms with Crippen molar-refractivity contribution >= 4 is 17.2 Å². The molecular formula is C21H21N3OS. The number of amides is 1. The van der Waals surface area contributed by atoms with Gasteiger partial charge < -0.3 is 4.90 Å². The molecule has 1 amide bonds. The fourth-order valence-corrected chi connectivity index (χ4v) is 4.21. The average molecular weight is 363 g/mol. The van der Waals surface area contributed by atoms with Gasteiger partial charge in [0.25, 0.3) is 5.91 Å². The van der Waals surface area contributed by atoms with E-state index in [0.717, 1.165) is 26.2 Å². The Labute approximate surface area is 157 Å². The Morgan fingerprint density at radius 2 is 1.77 bits per heavy atom. The second-order valence-corrected chi connectivity index (χ2v) is 7.22. The molecule has 1 fully saturated rings. The van der Waals surface area contributed by atoms with Crippen LogP contribution in [0.3, 0.4) is 0 Å². The molecule has 4 nitrogen and oxygen atoms in total. The van der Waals surface area contributed by atoms with E-state index in [2.05, 4.69) is 57.0 Å². The van der Waals surface area contributed by atoms with Crippen molar-refractivity contribution in [3.8, 4) is 0 Å². The molecule has 0 aliphatic carbocycles. The molecule has 4 rings (SSSR count). The van der Waals surface area contributed by atoms with Crippen LogP contribution in [0.1, 0.15) is 27.5 Å². The lowest BCUT2D eigenvalue weighted by molar-refractivity contribution is 0.0597. The van der Waals surface area contributed by atoms with Crippen molar-refractivity contribution in [2.24, 2.45) is 0 Å². The minimum absolute atomic E-state index is 0.0737. The first kappa shape index (κ1) is 16.9. The van der Waals surface area contributed by atoms with Crippen molar-refractivity contribution in [2.75, 3.05) is 26.2 Å². The van der Waals surface area contributed by atoms with Gasteiger partial charge >= 0.3 is 0 Å². The number of pyridine rings is 1. The van der Waals surface area contributed by atoms with Gasteiger partial charge in [0.05, 0.1) is 11.6 Å². The van der Waals surface area contributed by atoms with Crippen molar-refractivity contribution < 1.29 is 4.79 Å². The first-order valence-corrected chi connectivity index (χ1v) is 9.77. The zero-order valence-electron chi connectivity index (χ0n) is 14.5. The number of thiophene rings is 1. The molecule has 1 atom stereocenters. The monoisotopic (exact) mass is 363 g/mol. The topological polar surface area (TPSA) is 36.4 Å². The molecule has 2 aromatic heterocycles. The lowest BCUT2D eigenvalue weighted by atomic mass is 9.98. The van der Waals surface area contributed by atoms with E-state index in [4.69, 9.17) is 0 Å². The predicted molar refractivity (Wildman–Crippen MR) is 104 cm³/mol. The van der Waals surface area contributed by atoms with Gasteiger partial charge in [-0.3, -0.25) is 14.7 Å². The average Bonchev–Trinajstić information content (AvgIpc) is 3.24. The van der Waals surface area contributed by atoms with Crippen LogP contribution in [-0.2, 0) is 0 Å². The van der Waals surface area contributed by atoms with Crippen LogP contribution in [0.25, 0.3) is 0 Å². The van der Waals surface area contributed by atoms with Crippen LogP contribution >= 0.6 is 11.3 Å². The molecule has 26 heavy (non-hydrogen) atoms. The summed E-state index contributed by atoms with van der Waals surface area (Å²) in [6.45, 7) is 3.20. The second-order valence-electron chi connectivity index (χ2n) is 6.44. The number of hydrogen-bond acceptors (Lipinski definition) is 4. The summed E-state index contributed by atoms with van der Waals surface area (Å²) in [4.78, 5) is 21.1. The molecule has 1 aliphatic rings. The number of carbonyl (C=O) groups is 1. The predicted octanol–water partition coefficient (Wildman–Crippen LogP) is 3.69. The largest absolute Gasteiger partial charge is 0.336 e. The van der Waals surface area contributed by atoms with Crippen LogP contribution in [0.5, 0.6) is 0 Å². The minimum Gasteiger partial charge on any atom is -0.336 e. The third kappa shape index (κ3) is 3.54. The highest BCUT2D eigenvalue weighted by Crippen LogP contribution is 2.31. The molecule has 1 saturated heterocycles. The van der Waals surface area contributed by atoms with E-state index in [-0.39, 0.29) is 11.9 Å². The van der Waals surface area contributed by atoms with Crippen molar-refractivity contribution in [1.29, 1.82) is 0 Å². The number of carbonyl (C=O) groups excluding carboxylic acids is 1. The number of aromatic nitrogens is 1. The number of piperazine rings is 1. The molecule has 5 heteroatoms. The van der Waals surface area contributed by atoms with Gasteiger partial charge in [-0.1, -0.05) is 30.3 Å². The van der Waals surface area contributed by atoms with Gasteiger partial charge in [0.15, 0.2) is 0 Å². The number of hydrogen-bond donors (Lipinski definition) is 0. The summed E-state index contributed by atoms with van der Waals surface area (Å²) in [5, 5.41) is 4.36. The molecule has 1 aromatic carbocycles. The number of benzene rings is 1. The molecule has 1 unspecified atom stereocenters. The first-order valence-electron chi connectivity index (χ1n) is 8.83. The summed E-state index contributed by atoms with van der Waals surface area (Å²) in [5.41, 5.74) is 3.30. The van der Waals surface area contributed by atoms with Crippen molar-refractivity contribution in [3.63, 3.8) is 0 Å². The lowest BCUT2D eigenvalue weighted by Crippen LogP contribution is -2.49. The highest BCUT2D eigenvalue weighted by molar-refractivity contribution is 7.08. The van der Waals surface area contributed by atoms with Gasteiger partial charge in [0, 0.05) is 38.6 Å². The van der Waals surface area contributed by atoms with E-state index in [1.165, 1.54) is 11.1 Å². The fourth-order valence-electron chi connectivity index (χ4n) is 3.54. The van der Waals surface area contributed by atoms with Crippen LogP contribution in [0.15, 0.2) is 71.7 Å². The van der Waals surface area contributed by atoms with Gasteiger partial charge in [0.1, 0.15) is 0 Å². The summed E-state index contributed by atoms with van der Waals surface area (Å²) in [5.74, 6) is 0.0737. The third-order valence-electron chi connectivity index (χ3n) is 4.85. The van der Waals surface area contributed by atoms with E-state index in [1.807, 2.05) is 17.0 Å². The maximum absolute atomic E-state index is 12.6. The van der Waals surface area contributed by atoms with E-state index in [9.17, 15) is 4.79 Å². The third-order valence-corrected chi connectivity index (χ3v) is 5.55. The molecule has 0 spiro atoms. The lowest BCUT2D eigenvalue weighted by Gasteiger charge is -2.39. The zero-order chi connectivity index (χ0) is 17.8. The Hall–Kier alpha value is -2.50. The van der Waals surface area contributed by atoms with Gasteiger partial charge in [-0.05, 0) is 40.1 Å². The molecule has 3 aromatic rings. The Morgan fingerprint density at radius 3 is 2.42 bits per heavy atom. The molecule has 132 valence electrons. The number of rotatable bonds is 4. The molecular weight excluding hydrogens is 342 g/mol. The SMILES string of the molecule is O=C(c1cccnc1)N1CCN(C(c2ccccc2)c2ccsc2)CC1. The first-order chi connectivity index (χ1) is 12.8. The summed E-state index contributed by atoms with van der Waals surface area (Å²) >= 11 is 1.73. The summed E-state index contributed by atoms with van der Waals surface area (Å²) in [6, 6.07) is 16.7. The fraction of sp³-hybridized carbons (Fsp3) is 0.238.